The molecule has 0 fully saturated rings. The Balaban J connectivity index is 1.60. The molecular weight excluding hydrogens is 315 g/mol. The molecule has 0 aliphatic carbocycles. The van der Waals surface area contributed by atoms with E-state index in [1.54, 1.807) is 6.07 Å². The highest BCUT2D eigenvalue weighted by Gasteiger charge is 2.15. The first-order valence-corrected chi connectivity index (χ1v) is 7.45. The number of carbonyl (C=O) groups is 1. The van der Waals surface area contributed by atoms with Gasteiger partial charge in [-0.1, -0.05) is 18.5 Å². The largest absolute Gasteiger partial charge is 0.453 e. The molecule has 0 aliphatic heterocycles. The van der Waals surface area contributed by atoms with Crippen LogP contribution in [0.4, 0.5) is 4.39 Å². The Morgan fingerprint density at radius 2 is 2.12 bits per heavy atom. The average molecular weight is 330 g/mol. The lowest BCUT2D eigenvalue weighted by molar-refractivity contribution is 0.0452. The number of halogens is 1. The number of benzene rings is 1. The van der Waals surface area contributed by atoms with E-state index in [2.05, 4.69) is 20.3 Å². The number of hydrogen-bond acceptors (Lipinski definition) is 6. The molecule has 1 N–H and O–H groups in total. The molecule has 3 rings (SSSR count). The second kappa shape index (κ2) is 7.03. The van der Waals surface area contributed by atoms with Crippen LogP contribution in [0.5, 0.6) is 0 Å². The SMILES string of the molecule is CCCc1cc(C(=O)OCc2noc(-c3ccc(F)cc3)n2)n[nH]1. The molecule has 1 aromatic carbocycles. The second-order valence-electron chi connectivity index (χ2n) is 5.13. The molecule has 3 aromatic rings. The van der Waals surface area contributed by atoms with E-state index in [1.807, 2.05) is 6.92 Å². The number of aryl methyl sites for hydroxylation is 1. The molecule has 124 valence electrons. The van der Waals surface area contributed by atoms with Gasteiger partial charge < -0.3 is 9.26 Å². The first-order valence-electron chi connectivity index (χ1n) is 7.45. The van der Waals surface area contributed by atoms with Crippen molar-refractivity contribution >= 4 is 5.97 Å². The van der Waals surface area contributed by atoms with Gasteiger partial charge in [0.25, 0.3) is 5.89 Å². The molecule has 0 amide bonds. The third-order valence-electron chi connectivity index (χ3n) is 3.25. The highest BCUT2D eigenvalue weighted by molar-refractivity contribution is 5.87. The standard InChI is InChI=1S/C16H15FN4O3/c1-2-3-12-8-13(20-19-12)16(22)23-9-14-18-15(24-21-14)10-4-6-11(17)7-5-10/h4-8H,2-3,9H2,1H3,(H,19,20). The van der Waals surface area contributed by atoms with Crippen molar-refractivity contribution in [3.05, 3.63) is 53.4 Å². The van der Waals surface area contributed by atoms with Crippen molar-refractivity contribution < 1.29 is 18.4 Å². The van der Waals surface area contributed by atoms with Crippen LogP contribution in [0.15, 0.2) is 34.9 Å². The quantitative estimate of drug-likeness (QED) is 0.698. The van der Waals surface area contributed by atoms with Gasteiger partial charge in [0.1, 0.15) is 5.82 Å². The lowest BCUT2D eigenvalue weighted by Crippen LogP contribution is -2.06. The third-order valence-corrected chi connectivity index (χ3v) is 3.25. The number of carbonyl (C=O) groups excluding carboxylic acids is 1. The van der Waals surface area contributed by atoms with Gasteiger partial charge in [-0.15, -0.1) is 0 Å². The Kier molecular flexibility index (Phi) is 4.64. The molecular formula is C16H15FN4O3. The van der Waals surface area contributed by atoms with Crippen molar-refractivity contribution in [1.29, 1.82) is 0 Å². The Morgan fingerprint density at radius 3 is 2.88 bits per heavy atom. The third kappa shape index (κ3) is 3.65. The van der Waals surface area contributed by atoms with Gasteiger partial charge in [-0.2, -0.15) is 10.1 Å². The lowest BCUT2D eigenvalue weighted by atomic mass is 10.2. The Labute approximate surface area is 136 Å². The molecule has 0 radical (unpaired) electrons. The van der Waals surface area contributed by atoms with E-state index in [0.29, 0.717) is 5.56 Å². The molecule has 0 unspecified atom stereocenters. The smallest absolute Gasteiger partial charge is 0.359 e. The lowest BCUT2D eigenvalue weighted by Gasteiger charge is -1.97. The molecule has 2 aromatic heterocycles. The zero-order valence-electron chi connectivity index (χ0n) is 13.0. The van der Waals surface area contributed by atoms with Crippen LogP contribution in [0.3, 0.4) is 0 Å². The van der Waals surface area contributed by atoms with E-state index < -0.39 is 5.97 Å². The van der Waals surface area contributed by atoms with Crippen molar-refractivity contribution in [2.24, 2.45) is 0 Å². The minimum Gasteiger partial charge on any atom is -0.453 e. The van der Waals surface area contributed by atoms with Gasteiger partial charge >= 0.3 is 5.97 Å². The Bertz CT molecular complexity index is 826. The predicted octanol–water partition coefficient (Wildman–Crippen LogP) is 2.91. The van der Waals surface area contributed by atoms with Crippen molar-refractivity contribution in [3.8, 4) is 11.5 Å². The van der Waals surface area contributed by atoms with Crippen molar-refractivity contribution in [1.82, 2.24) is 20.3 Å². The molecule has 0 bridgehead atoms. The first kappa shape index (κ1) is 15.9. The molecule has 0 saturated carbocycles. The second-order valence-corrected chi connectivity index (χ2v) is 5.13. The summed E-state index contributed by atoms with van der Waals surface area (Å²) in [5.41, 5.74) is 1.67. The highest BCUT2D eigenvalue weighted by atomic mass is 19.1. The summed E-state index contributed by atoms with van der Waals surface area (Å²) in [6.07, 6.45) is 1.76. The number of aromatic nitrogens is 4. The van der Waals surface area contributed by atoms with Gasteiger partial charge in [0.15, 0.2) is 12.3 Å². The van der Waals surface area contributed by atoms with E-state index in [9.17, 15) is 9.18 Å². The maximum Gasteiger partial charge on any atom is 0.359 e. The van der Waals surface area contributed by atoms with Crippen LogP contribution < -0.4 is 0 Å². The van der Waals surface area contributed by atoms with Gasteiger partial charge in [0.05, 0.1) is 0 Å². The fraction of sp³-hybridized carbons (Fsp3) is 0.250. The summed E-state index contributed by atoms with van der Waals surface area (Å²) in [5.74, 6) is -0.478. The van der Waals surface area contributed by atoms with Crippen LogP contribution >= 0.6 is 0 Å². The summed E-state index contributed by atoms with van der Waals surface area (Å²) in [7, 11) is 0. The topological polar surface area (TPSA) is 93.9 Å². The van der Waals surface area contributed by atoms with Crippen molar-refractivity contribution in [2.45, 2.75) is 26.4 Å². The highest BCUT2D eigenvalue weighted by Crippen LogP contribution is 2.17. The zero-order valence-corrected chi connectivity index (χ0v) is 13.0. The normalized spacial score (nSPS) is 10.8. The fourth-order valence-corrected chi connectivity index (χ4v) is 2.09. The van der Waals surface area contributed by atoms with Crippen LogP contribution in [0.2, 0.25) is 0 Å². The van der Waals surface area contributed by atoms with Crippen molar-refractivity contribution in [3.63, 3.8) is 0 Å². The number of ether oxygens (including phenoxy) is 1. The van der Waals surface area contributed by atoms with Crippen LogP contribution in [-0.2, 0) is 17.8 Å². The van der Waals surface area contributed by atoms with E-state index >= 15 is 0 Å². The Hall–Kier alpha value is -3.03. The number of rotatable bonds is 6. The molecule has 7 nitrogen and oxygen atoms in total. The van der Waals surface area contributed by atoms with E-state index in [0.717, 1.165) is 18.5 Å². The monoisotopic (exact) mass is 330 g/mol. The van der Waals surface area contributed by atoms with Gasteiger partial charge in [0, 0.05) is 11.3 Å². The molecule has 2 heterocycles. The van der Waals surface area contributed by atoms with Gasteiger partial charge in [-0.05, 0) is 36.8 Å². The Morgan fingerprint density at radius 1 is 1.33 bits per heavy atom. The molecule has 24 heavy (non-hydrogen) atoms. The van der Waals surface area contributed by atoms with E-state index in [4.69, 9.17) is 9.26 Å². The number of esters is 1. The van der Waals surface area contributed by atoms with E-state index in [-0.39, 0.29) is 29.8 Å². The molecule has 0 aliphatic rings. The summed E-state index contributed by atoms with van der Waals surface area (Å²) in [5, 5.41) is 10.4. The van der Waals surface area contributed by atoms with Crippen LogP contribution in [0, 0.1) is 5.82 Å². The van der Waals surface area contributed by atoms with E-state index in [1.165, 1.54) is 24.3 Å². The summed E-state index contributed by atoms with van der Waals surface area (Å²) in [6, 6.07) is 7.30. The summed E-state index contributed by atoms with van der Waals surface area (Å²) < 4.78 is 23.1. The van der Waals surface area contributed by atoms with Gasteiger partial charge in [-0.3, -0.25) is 5.10 Å². The fourth-order valence-electron chi connectivity index (χ4n) is 2.09. The van der Waals surface area contributed by atoms with Crippen molar-refractivity contribution in [2.75, 3.05) is 0 Å². The minimum absolute atomic E-state index is 0.139. The van der Waals surface area contributed by atoms with Gasteiger partial charge in [-0.25, -0.2) is 9.18 Å². The number of nitrogens with one attached hydrogen (secondary N) is 1. The number of H-pyrrole nitrogens is 1. The van der Waals surface area contributed by atoms with Crippen LogP contribution in [0.1, 0.15) is 35.4 Å². The molecule has 0 spiro atoms. The minimum atomic E-state index is -0.568. The molecule has 0 saturated heterocycles. The zero-order chi connectivity index (χ0) is 16.9. The summed E-state index contributed by atoms with van der Waals surface area (Å²) in [6.45, 7) is 1.90. The van der Waals surface area contributed by atoms with Crippen LogP contribution in [-0.4, -0.2) is 26.3 Å². The summed E-state index contributed by atoms with van der Waals surface area (Å²) in [4.78, 5) is 16.0. The number of nitrogens with zero attached hydrogens (tertiary/aromatic N) is 3. The van der Waals surface area contributed by atoms with Gasteiger partial charge in [0.2, 0.25) is 5.82 Å². The summed E-state index contributed by atoms with van der Waals surface area (Å²) >= 11 is 0. The maximum absolute atomic E-state index is 12.9. The first-order chi connectivity index (χ1) is 11.7. The maximum atomic E-state index is 12.9. The molecule has 8 heteroatoms. The predicted molar refractivity (Wildman–Crippen MR) is 81.4 cm³/mol. The number of hydrogen-bond donors (Lipinski definition) is 1. The molecule has 0 atom stereocenters. The average Bonchev–Trinajstić information content (AvgIpc) is 3.23. The number of aromatic amines is 1. The van der Waals surface area contributed by atoms with Crippen LogP contribution in [0.25, 0.3) is 11.5 Å².